The van der Waals surface area contributed by atoms with Gasteiger partial charge in [0, 0.05) is 39.0 Å². The number of likely N-dealkylation sites (N-methyl/N-ethyl adjacent to an activating group) is 1. The number of anilines is 4. The minimum atomic E-state index is -0.294. The standard InChI is InChI=1S/C24H26N8O2/c1-5-18-21-22(32-12-17(34-4)9-20(32)23(33)30(21)3)29-24(28-18)27-16-6-7-19(15(8-16)10-25)31-11-14(2)26-13-31/h6-8,11,13,17,20H,5,9,12H2,1-4H3,(H,27,28,29)/t17-,20+/m1/s1. The molecular weight excluding hydrogens is 432 g/mol. The van der Waals surface area contributed by atoms with Gasteiger partial charge < -0.3 is 24.4 Å². The fourth-order valence-corrected chi connectivity index (χ4v) is 4.72. The molecule has 0 radical (unpaired) electrons. The topological polar surface area (TPSA) is 112 Å². The zero-order valence-corrected chi connectivity index (χ0v) is 19.6. The minimum absolute atomic E-state index is 0.0257. The van der Waals surface area contributed by atoms with E-state index >= 15 is 0 Å². The molecule has 1 fully saturated rings. The summed E-state index contributed by atoms with van der Waals surface area (Å²) in [6.45, 7) is 4.52. The van der Waals surface area contributed by atoms with Crippen molar-refractivity contribution in [3.63, 3.8) is 0 Å². The Hall–Kier alpha value is -3.97. The molecule has 1 aromatic carbocycles. The van der Waals surface area contributed by atoms with Crippen LogP contribution in [0.4, 0.5) is 23.1 Å². The maximum atomic E-state index is 13.0. The van der Waals surface area contributed by atoms with Crippen LogP contribution in [0.2, 0.25) is 0 Å². The van der Waals surface area contributed by atoms with Crippen molar-refractivity contribution in [2.45, 2.75) is 38.8 Å². The van der Waals surface area contributed by atoms with Crippen LogP contribution in [0.5, 0.6) is 0 Å². The smallest absolute Gasteiger partial charge is 0.249 e. The Labute approximate surface area is 197 Å². The van der Waals surface area contributed by atoms with Crippen molar-refractivity contribution >= 4 is 29.0 Å². The monoisotopic (exact) mass is 458 g/mol. The number of ether oxygens (including phenoxy) is 1. The van der Waals surface area contributed by atoms with E-state index in [-0.39, 0.29) is 18.1 Å². The normalized spacial score (nSPS) is 19.1. The van der Waals surface area contributed by atoms with E-state index in [1.165, 1.54) is 0 Å². The predicted molar refractivity (Wildman–Crippen MR) is 128 cm³/mol. The molecule has 0 aliphatic carbocycles. The molecular formula is C24H26N8O2. The van der Waals surface area contributed by atoms with Crippen molar-refractivity contribution in [1.29, 1.82) is 5.26 Å². The zero-order chi connectivity index (χ0) is 24.0. The first-order valence-electron chi connectivity index (χ1n) is 11.2. The van der Waals surface area contributed by atoms with Gasteiger partial charge in [0.2, 0.25) is 11.9 Å². The van der Waals surface area contributed by atoms with Crippen LogP contribution in [0, 0.1) is 18.3 Å². The molecule has 2 aromatic heterocycles. The van der Waals surface area contributed by atoms with Gasteiger partial charge in [-0.1, -0.05) is 6.92 Å². The van der Waals surface area contributed by atoms with Crippen molar-refractivity contribution in [3.05, 3.63) is 47.7 Å². The van der Waals surface area contributed by atoms with Crippen molar-refractivity contribution in [2.75, 3.05) is 35.8 Å². The Kier molecular flexibility index (Phi) is 5.42. The predicted octanol–water partition coefficient (Wildman–Crippen LogP) is 2.72. The molecule has 2 atom stereocenters. The van der Waals surface area contributed by atoms with E-state index < -0.39 is 0 Å². The Morgan fingerprint density at radius 1 is 1.32 bits per heavy atom. The minimum Gasteiger partial charge on any atom is -0.380 e. The number of hydrogen-bond donors (Lipinski definition) is 1. The molecule has 0 saturated carbocycles. The number of aryl methyl sites for hydroxylation is 2. The first-order chi connectivity index (χ1) is 16.4. The lowest BCUT2D eigenvalue weighted by Gasteiger charge is -2.37. The number of nitriles is 1. The van der Waals surface area contributed by atoms with Gasteiger partial charge in [0.15, 0.2) is 5.82 Å². The highest BCUT2D eigenvalue weighted by Gasteiger charge is 2.45. The third-order valence-corrected chi connectivity index (χ3v) is 6.45. The van der Waals surface area contributed by atoms with Crippen molar-refractivity contribution in [3.8, 4) is 11.8 Å². The molecule has 10 nitrogen and oxygen atoms in total. The number of fused-ring (bicyclic) bond motifs is 3. The highest BCUT2D eigenvalue weighted by atomic mass is 16.5. The molecule has 3 aromatic rings. The molecule has 0 unspecified atom stereocenters. The summed E-state index contributed by atoms with van der Waals surface area (Å²) in [5.41, 5.74) is 4.36. The number of methoxy groups -OCH3 is 1. The molecule has 5 rings (SSSR count). The first kappa shape index (κ1) is 21.9. The number of imidazole rings is 1. The molecule has 174 valence electrons. The van der Waals surface area contributed by atoms with Gasteiger partial charge in [0.1, 0.15) is 17.8 Å². The molecule has 0 spiro atoms. The number of nitrogens with one attached hydrogen (secondary N) is 1. The van der Waals surface area contributed by atoms with Crippen LogP contribution in [-0.2, 0) is 16.0 Å². The van der Waals surface area contributed by atoms with E-state index in [1.54, 1.807) is 31.5 Å². The molecule has 1 saturated heterocycles. The SMILES string of the molecule is CCc1nc(Nc2ccc(-n3cnc(C)c3)c(C#N)c2)nc2c1N(C)C(=O)[C@@H]1C[C@@H](OC)CN21. The van der Waals surface area contributed by atoms with Crippen LogP contribution in [0.1, 0.15) is 30.3 Å². The van der Waals surface area contributed by atoms with Crippen LogP contribution in [0.3, 0.4) is 0 Å². The van der Waals surface area contributed by atoms with Crippen molar-refractivity contribution in [1.82, 2.24) is 19.5 Å². The molecule has 0 bridgehead atoms. The van der Waals surface area contributed by atoms with Gasteiger partial charge in [0.05, 0.1) is 35.1 Å². The molecule has 4 heterocycles. The highest BCUT2D eigenvalue weighted by Crippen LogP contribution is 2.41. The van der Waals surface area contributed by atoms with Gasteiger partial charge in [-0.2, -0.15) is 10.2 Å². The van der Waals surface area contributed by atoms with Crippen LogP contribution in [-0.4, -0.2) is 58.3 Å². The van der Waals surface area contributed by atoms with Gasteiger partial charge in [-0.3, -0.25) is 4.79 Å². The van der Waals surface area contributed by atoms with Gasteiger partial charge in [-0.25, -0.2) is 9.97 Å². The zero-order valence-electron chi connectivity index (χ0n) is 19.6. The lowest BCUT2D eigenvalue weighted by Crippen LogP contribution is -2.50. The van der Waals surface area contributed by atoms with Gasteiger partial charge in [0.25, 0.3) is 0 Å². The average Bonchev–Trinajstić information content (AvgIpc) is 3.48. The fraction of sp³-hybridized carbons (Fsp3) is 0.375. The second-order valence-corrected chi connectivity index (χ2v) is 8.57. The van der Waals surface area contributed by atoms with Crippen molar-refractivity contribution < 1.29 is 9.53 Å². The summed E-state index contributed by atoms with van der Waals surface area (Å²) in [7, 11) is 3.45. The van der Waals surface area contributed by atoms with E-state index in [9.17, 15) is 10.1 Å². The van der Waals surface area contributed by atoms with Gasteiger partial charge >= 0.3 is 0 Å². The number of amides is 1. The van der Waals surface area contributed by atoms with E-state index in [0.29, 0.717) is 36.6 Å². The van der Waals surface area contributed by atoms with Crippen LogP contribution < -0.4 is 15.1 Å². The largest absolute Gasteiger partial charge is 0.380 e. The van der Waals surface area contributed by atoms with Gasteiger partial charge in [-0.15, -0.1) is 0 Å². The fourth-order valence-electron chi connectivity index (χ4n) is 4.72. The number of carbonyl (C=O) groups is 1. The molecule has 10 heteroatoms. The van der Waals surface area contributed by atoms with Crippen LogP contribution >= 0.6 is 0 Å². The number of aromatic nitrogens is 4. The average molecular weight is 459 g/mol. The Balaban J connectivity index is 1.52. The Morgan fingerprint density at radius 3 is 2.82 bits per heavy atom. The van der Waals surface area contributed by atoms with Crippen LogP contribution in [0.15, 0.2) is 30.7 Å². The number of carbonyl (C=O) groups excluding carboxylic acids is 1. The molecule has 1 amide bonds. The third kappa shape index (κ3) is 3.54. The molecule has 2 aliphatic rings. The highest BCUT2D eigenvalue weighted by molar-refractivity contribution is 6.05. The lowest BCUT2D eigenvalue weighted by atomic mass is 10.1. The Bertz CT molecular complexity index is 1310. The maximum Gasteiger partial charge on any atom is 0.249 e. The lowest BCUT2D eigenvalue weighted by molar-refractivity contribution is -0.119. The molecule has 34 heavy (non-hydrogen) atoms. The molecule has 1 N–H and O–H groups in total. The Morgan fingerprint density at radius 2 is 2.15 bits per heavy atom. The summed E-state index contributed by atoms with van der Waals surface area (Å²) in [4.78, 5) is 30.5. The van der Waals surface area contributed by atoms with Crippen LogP contribution in [0.25, 0.3) is 5.69 Å². The number of rotatable bonds is 5. The summed E-state index contributed by atoms with van der Waals surface area (Å²) in [5.74, 6) is 1.19. The summed E-state index contributed by atoms with van der Waals surface area (Å²) in [6, 6.07) is 7.49. The van der Waals surface area contributed by atoms with E-state index in [0.717, 1.165) is 28.6 Å². The summed E-state index contributed by atoms with van der Waals surface area (Å²) >= 11 is 0. The quantitative estimate of drug-likeness (QED) is 0.621. The number of benzene rings is 1. The van der Waals surface area contributed by atoms with Crippen molar-refractivity contribution in [2.24, 2.45) is 0 Å². The number of hydrogen-bond acceptors (Lipinski definition) is 8. The summed E-state index contributed by atoms with van der Waals surface area (Å²) in [5, 5.41) is 13.0. The summed E-state index contributed by atoms with van der Waals surface area (Å²) < 4.78 is 7.38. The van der Waals surface area contributed by atoms with E-state index in [4.69, 9.17) is 14.7 Å². The summed E-state index contributed by atoms with van der Waals surface area (Å²) in [6.07, 6.45) is 4.82. The molecule has 2 aliphatic heterocycles. The van der Waals surface area contributed by atoms with E-state index in [2.05, 4.69) is 16.4 Å². The first-order valence-corrected chi connectivity index (χ1v) is 11.2. The maximum absolute atomic E-state index is 13.0. The number of nitrogens with zero attached hydrogens (tertiary/aromatic N) is 7. The second kappa shape index (κ2) is 8.43. The second-order valence-electron chi connectivity index (χ2n) is 8.57. The van der Waals surface area contributed by atoms with Gasteiger partial charge in [-0.05, 0) is 31.5 Å². The van der Waals surface area contributed by atoms with E-state index in [1.807, 2.05) is 41.6 Å². The third-order valence-electron chi connectivity index (χ3n) is 6.45.